The third kappa shape index (κ3) is 3.29. The molecule has 3 heterocycles. The van der Waals surface area contributed by atoms with Crippen molar-refractivity contribution in [2.24, 2.45) is 0 Å². The van der Waals surface area contributed by atoms with Crippen LogP contribution in [0, 0.1) is 13.8 Å². The van der Waals surface area contributed by atoms with Gasteiger partial charge in [-0.25, -0.2) is 9.50 Å². The summed E-state index contributed by atoms with van der Waals surface area (Å²) in [6.07, 6.45) is 2.21. The minimum absolute atomic E-state index is 0.00395. The van der Waals surface area contributed by atoms with Gasteiger partial charge in [0.25, 0.3) is 5.78 Å². The van der Waals surface area contributed by atoms with E-state index in [0.29, 0.717) is 10.9 Å². The van der Waals surface area contributed by atoms with Crippen LogP contribution < -0.4 is 5.32 Å². The Morgan fingerprint density at radius 1 is 1.42 bits per heavy atom. The maximum Gasteiger partial charge on any atom is 0.253 e. The highest BCUT2D eigenvalue weighted by Crippen LogP contribution is 2.20. The zero-order chi connectivity index (χ0) is 17.3. The third-order valence-electron chi connectivity index (χ3n) is 3.90. The van der Waals surface area contributed by atoms with Crippen molar-refractivity contribution >= 4 is 34.8 Å². The van der Waals surface area contributed by atoms with Crippen LogP contribution in [0.5, 0.6) is 0 Å². The summed E-state index contributed by atoms with van der Waals surface area (Å²) in [5, 5.41) is 10.2. The predicted octanol–water partition coefficient (Wildman–Crippen LogP) is 2.94. The summed E-state index contributed by atoms with van der Waals surface area (Å²) in [5.41, 5.74) is 2.62. The molecule has 0 fully saturated rings. The zero-order valence-electron chi connectivity index (χ0n) is 14.0. The van der Waals surface area contributed by atoms with Crippen molar-refractivity contribution in [3.8, 4) is 0 Å². The number of thiophene rings is 1. The maximum absolute atomic E-state index is 12.4. The van der Waals surface area contributed by atoms with Crippen LogP contribution >= 0.6 is 23.1 Å². The van der Waals surface area contributed by atoms with Gasteiger partial charge in [-0.2, -0.15) is 4.98 Å². The summed E-state index contributed by atoms with van der Waals surface area (Å²) in [6, 6.07) is 4.02. The van der Waals surface area contributed by atoms with Crippen LogP contribution in [0.4, 0.5) is 0 Å². The van der Waals surface area contributed by atoms with Crippen LogP contribution in [0.15, 0.2) is 22.7 Å². The molecule has 3 aromatic heterocycles. The van der Waals surface area contributed by atoms with Crippen molar-refractivity contribution < 1.29 is 4.79 Å². The smallest absolute Gasteiger partial charge is 0.253 e. The van der Waals surface area contributed by atoms with Crippen molar-refractivity contribution in [1.82, 2.24) is 24.9 Å². The Labute approximate surface area is 148 Å². The second kappa shape index (κ2) is 6.90. The van der Waals surface area contributed by atoms with Gasteiger partial charge in [0, 0.05) is 21.8 Å². The van der Waals surface area contributed by atoms with E-state index in [2.05, 4.69) is 20.4 Å². The lowest BCUT2D eigenvalue weighted by atomic mass is 10.1. The van der Waals surface area contributed by atoms with Crippen LogP contribution in [0.2, 0.25) is 0 Å². The van der Waals surface area contributed by atoms with E-state index >= 15 is 0 Å². The number of aryl methyl sites for hydroxylation is 2. The molecule has 1 N–H and O–H groups in total. The Morgan fingerprint density at radius 2 is 2.21 bits per heavy atom. The lowest BCUT2D eigenvalue weighted by Crippen LogP contribution is -2.28. The maximum atomic E-state index is 12.4. The number of rotatable bonds is 5. The number of nitrogens with one attached hydrogen (secondary N) is 1. The van der Waals surface area contributed by atoms with Crippen LogP contribution in [-0.2, 0) is 11.2 Å². The molecule has 0 aromatic carbocycles. The first-order valence-electron chi connectivity index (χ1n) is 7.59. The fraction of sp³-hybridized carbons (Fsp3) is 0.375. The number of aromatic nitrogens is 4. The molecule has 0 aliphatic heterocycles. The van der Waals surface area contributed by atoms with E-state index in [1.165, 1.54) is 11.8 Å². The number of thioether (sulfide) groups is 1. The molecule has 0 aliphatic carbocycles. The first-order valence-corrected chi connectivity index (χ1v) is 9.69. The Balaban J connectivity index is 1.82. The molecule has 0 radical (unpaired) electrons. The van der Waals surface area contributed by atoms with E-state index in [0.717, 1.165) is 21.8 Å². The van der Waals surface area contributed by atoms with Crippen molar-refractivity contribution in [2.75, 3.05) is 6.26 Å². The highest BCUT2D eigenvalue weighted by atomic mass is 32.2. The van der Waals surface area contributed by atoms with Gasteiger partial charge in [0.2, 0.25) is 11.1 Å². The monoisotopic (exact) mass is 361 g/mol. The van der Waals surface area contributed by atoms with Gasteiger partial charge in [-0.05, 0) is 38.5 Å². The Kier molecular flexibility index (Phi) is 4.86. The molecule has 0 aliphatic rings. The van der Waals surface area contributed by atoms with Gasteiger partial charge in [-0.3, -0.25) is 4.79 Å². The number of hydrogen-bond acceptors (Lipinski definition) is 6. The van der Waals surface area contributed by atoms with Gasteiger partial charge in [-0.15, -0.1) is 16.4 Å². The molecule has 0 saturated carbocycles. The first-order chi connectivity index (χ1) is 11.5. The van der Waals surface area contributed by atoms with Gasteiger partial charge in [0.15, 0.2) is 0 Å². The fourth-order valence-electron chi connectivity index (χ4n) is 2.59. The number of carbonyl (C=O) groups excluding carboxylic acids is 1. The first kappa shape index (κ1) is 16.9. The van der Waals surface area contributed by atoms with Crippen LogP contribution in [-0.4, -0.2) is 31.7 Å². The van der Waals surface area contributed by atoms with E-state index in [1.807, 2.05) is 44.5 Å². The van der Waals surface area contributed by atoms with Crippen LogP contribution in [0.25, 0.3) is 5.78 Å². The molecule has 3 rings (SSSR count). The van der Waals surface area contributed by atoms with Crippen molar-refractivity contribution in [3.63, 3.8) is 0 Å². The molecule has 126 valence electrons. The summed E-state index contributed by atoms with van der Waals surface area (Å²) in [7, 11) is 0. The Morgan fingerprint density at radius 3 is 2.88 bits per heavy atom. The number of nitrogens with zero attached hydrogens (tertiary/aromatic N) is 4. The lowest BCUT2D eigenvalue weighted by Gasteiger charge is -2.14. The number of carbonyl (C=O) groups is 1. The fourth-order valence-corrected chi connectivity index (χ4v) is 3.66. The normalized spacial score (nSPS) is 12.5. The van der Waals surface area contributed by atoms with Gasteiger partial charge < -0.3 is 5.32 Å². The summed E-state index contributed by atoms with van der Waals surface area (Å²) in [6.45, 7) is 5.85. The Bertz CT molecular complexity index is 872. The molecule has 24 heavy (non-hydrogen) atoms. The molecule has 6 nitrogen and oxygen atoms in total. The molecule has 0 unspecified atom stereocenters. The average molecular weight is 361 g/mol. The number of fused-ring (bicyclic) bond motifs is 1. The second-order valence-electron chi connectivity index (χ2n) is 5.55. The lowest BCUT2D eigenvalue weighted by molar-refractivity contribution is -0.121. The van der Waals surface area contributed by atoms with Crippen molar-refractivity contribution in [2.45, 2.75) is 38.4 Å². The number of hydrogen-bond donors (Lipinski definition) is 1. The van der Waals surface area contributed by atoms with Gasteiger partial charge in [-0.1, -0.05) is 17.8 Å². The molecule has 1 atom stereocenters. The van der Waals surface area contributed by atoms with Crippen LogP contribution in [0.1, 0.15) is 34.8 Å². The summed E-state index contributed by atoms with van der Waals surface area (Å²) < 4.78 is 1.71. The quantitative estimate of drug-likeness (QED) is 0.708. The molecule has 0 saturated heterocycles. The molecule has 0 spiro atoms. The van der Waals surface area contributed by atoms with Gasteiger partial charge in [0.1, 0.15) is 0 Å². The Hall–Kier alpha value is -1.93. The van der Waals surface area contributed by atoms with Crippen LogP contribution in [0.3, 0.4) is 0 Å². The molecular formula is C16H19N5OS2. The average Bonchev–Trinajstić information content (AvgIpc) is 3.20. The summed E-state index contributed by atoms with van der Waals surface area (Å²) >= 11 is 3.12. The van der Waals surface area contributed by atoms with Crippen molar-refractivity contribution in [3.05, 3.63) is 39.3 Å². The van der Waals surface area contributed by atoms with E-state index in [9.17, 15) is 4.79 Å². The standard InChI is InChI=1S/C16H19N5OS2/c1-9-12(8-14(22)17-10(2)13-6-5-7-24-13)11(3)21-15(18-9)19-16(20-21)23-4/h5-7,10H,8H2,1-4H3,(H,17,22)/t10-/m1/s1. The summed E-state index contributed by atoms with van der Waals surface area (Å²) in [5.74, 6) is 0.555. The molecule has 1 amide bonds. The molecule has 3 aromatic rings. The SMILES string of the molecule is CSc1nc2nc(C)c(CC(=O)N[C@H](C)c3cccs3)c(C)n2n1. The van der Waals surface area contributed by atoms with E-state index in [-0.39, 0.29) is 18.4 Å². The minimum Gasteiger partial charge on any atom is -0.348 e. The zero-order valence-corrected chi connectivity index (χ0v) is 15.7. The molecular weight excluding hydrogens is 342 g/mol. The highest BCUT2D eigenvalue weighted by molar-refractivity contribution is 7.98. The number of amides is 1. The molecule has 8 heteroatoms. The highest BCUT2D eigenvalue weighted by Gasteiger charge is 2.17. The minimum atomic E-state index is -0.0199. The predicted molar refractivity (Wildman–Crippen MR) is 96.6 cm³/mol. The molecule has 0 bridgehead atoms. The van der Waals surface area contributed by atoms with E-state index in [1.54, 1.807) is 15.9 Å². The third-order valence-corrected chi connectivity index (χ3v) is 5.49. The van der Waals surface area contributed by atoms with Crippen molar-refractivity contribution in [1.29, 1.82) is 0 Å². The summed E-state index contributed by atoms with van der Waals surface area (Å²) in [4.78, 5) is 22.4. The second-order valence-corrected chi connectivity index (χ2v) is 7.31. The van der Waals surface area contributed by atoms with E-state index < -0.39 is 0 Å². The van der Waals surface area contributed by atoms with Gasteiger partial charge >= 0.3 is 0 Å². The topological polar surface area (TPSA) is 72.2 Å². The van der Waals surface area contributed by atoms with Gasteiger partial charge in [0.05, 0.1) is 12.5 Å². The van der Waals surface area contributed by atoms with E-state index in [4.69, 9.17) is 0 Å². The largest absolute Gasteiger partial charge is 0.348 e.